The molecule has 0 unspecified atom stereocenters. The lowest BCUT2D eigenvalue weighted by Crippen LogP contribution is -1.95. The van der Waals surface area contributed by atoms with Gasteiger partial charge in [-0.3, -0.25) is 0 Å². The Morgan fingerprint density at radius 3 is 2.29 bits per heavy atom. The summed E-state index contributed by atoms with van der Waals surface area (Å²) >= 11 is 5.84. The van der Waals surface area contributed by atoms with E-state index >= 15 is 0 Å². The van der Waals surface area contributed by atoms with E-state index in [2.05, 4.69) is 0 Å². The van der Waals surface area contributed by atoms with Gasteiger partial charge in [0.15, 0.2) is 0 Å². The lowest BCUT2D eigenvalue weighted by Gasteiger charge is -2.07. The number of nitrogen functional groups attached to an aromatic ring is 1. The molecule has 0 aromatic heterocycles. The van der Waals surface area contributed by atoms with Gasteiger partial charge in [-0.1, -0.05) is 29.8 Å². The zero-order valence-corrected chi connectivity index (χ0v) is 10.4. The minimum absolute atomic E-state index is 0.666. The SMILES string of the molecule is COc1ccc(Cc2ccc(Cl)cc2)cc1N. The molecular formula is C14H14ClNO. The van der Waals surface area contributed by atoms with Crippen LogP contribution >= 0.6 is 11.6 Å². The molecule has 0 aliphatic heterocycles. The number of hydrogen-bond acceptors (Lipinski definition) is 2. The van der Waals surface area contributed by atoms with E-state index in [1.807, 2.05) is 42.5 Å². The predicted molar refractivity (Wildman–Crippen MR) is 71.7 cm³/mol. The highest BCUT2D eigenvalue weighted by molar-refractivity contribution is 6.30. The number of nitrogens with two attached hydrogens (primary N) is 1. The van der Waals surface area contributed by atoms with Crippen LogP contribution in [0.15, 0.2) is 42.5 Å². The number of ether oxygens (including phenoxy) is 1. The molecule has 2 rings (SSSR count). The van der Waals surface area contributed by atoms with Crippen LogP contribution in [0.2, 0.25) is 5.02 Å². The Hall–Kier alpha value is -1.67. The van der Waals surface area contributed by atoms with Crippen LogP contribution in [0.25, 0.3) is 0 Å². The highest BCUT2D eigenvalue weighted by Crippen LogP contribution is 2.23. The molecule has 0 aliphatic rings. The molecule has 0 spiro atoms. The highest BCUT2D eigenvalue weighted by Gasteiger charge is 2.01. The van der Waals surface area contributed by atoms with Gasteiger partial charge in [0.25, 0.3) is 0 Å². The monoisotopic (exact) mass is 247 g/mol. The number of anilines is 1. The Balaban J connectivity index is 2.19. The molecule has 0 atom stereocenters. The topological polar surface area (TPSA) is 35.2 Å². The fourth-order valence-electron chi connectivity index (χ4n) is 1.73. The van der Waals surface area contributed by atoms with Gasteiger partial charge in [-0.2, -0.15) is 0 Å². The summed E-state index contributed by atoms with van der Waals surface area (Å²) in [6.45, 7) is 0. The first-order chi connectivity index (χ1) is 8.19. The van der Waals surface area contributed by atoms with Crippen LogP contribution in [0.4, 0.5) is 5.69 Å². The number of benzene rings is 2. The van der Waals surface area contributed by atoms with Gasteiger partial charge in [0.1, 0.15) is 5.75 Å². The molecule has 0 aliphatic carbocycles. The van der Waals surface area contributed by atoms with Crippen molar-refractivity contribution in [2.24, 2.45) is 0 Å². The molecule has 0 radical (unpaired) electrons. The van der Waals surface area contributed by atoms with Gasteiger partial charge >= 0.3 is 0 Å². The third-order valence-corrected chi connectivity index (χ3v) is 2.87. The molecule has 17 heavy (non-hydrogen) atoms. The van der Waals surface area contributed by atoms with Crippen molar-refractivity contribution in [2.45, 2.75) is 6.42 Å². The van der Waals surface area contributed by atoms with Crippen LogP contribution in [0.5, 0.6) is 5.75 Å². The van der Waals surface area contributed by atoms with Crippen molar-refractivity contribution in [2.75, 3.05) is 12.8 Å². The first-order valence-electron chi connectivity index (χ1n) is 5.36. The molecule has 2 nitrogen and oxygen atoms in total. The van der Waals surface area contributed by atoms with Crippen molar-refractivity contribution < 1.29 is 4.74 Å². The van der Waals surface area contributed by atoms with Gasteiger partial charge in [-0.05, 0) is 41.8 Å². The number of hydrogen-bond donors (Lipinski definition) is 1. The molecule has 3 heteroatoms. The zero-order chi connectivity index (χ0) is 12.3. The Bertz CT molecular complexity index is 508. The molecule has 88 valence electrons. The highest BCUT2D eigenvalue weighted by atomic mass is 35.5. The zero-order valence-electron chi connectivity index (χ0n) is 9.61. The standard InChI is InChI=1S/C14H14ClNO/c1-17-14-7-4-11(9-13(14)16)8-10-2-5-12(15)6-3-10/h2-7,9H,8,16H2,1H3. The quantitative estimate of drug-likeness (QED) is 0.843. The van der Waals surface area contributed by atoms with Crippen LogP contribution < -0.4 is 10.5 Å². The minimum atomic E-state index is 0.666. The van der Waals surface area contributed by atoms with E-state index in [-0.39, 0.29) is 0 Å². The number of rotatable bonds is 3. The lowest BCUT2D eigenvalue weighted by molar-refractivity contribution is 0.417. The van der Waals surface area contributed by atoms with Crippen LogP contribution in [0.3, 0.4) is 0 Å². The number of halogens is 1. The van der Waals surface area contributed by atoms with Gasteiger partial charge in [0.05, 0.1) is 12.8 Å². The van der Waals surface area contributed by atoms with Crippen LogP contribution in [0, 0.1) is 0 Å². The van der Waals surface area contributed by atoms with E-state index in [9.17, 15) is 0 Å². The third kappa shape index (κ3) is 2.92. The normalized spacial score (nSPS) is 10.2. The summed E-state index contributed by atoms with van der Waals surface area (Å²) < 4.78 is 5.12. The minimum Gasteiger partial charge on any atom is -0.495 e. The maximum atomic E-state index is 5.86. The molecule has 2 aromatic carbocycles. The second-order valence-electron chi connectivity index (χ2n) is 3.88. The summed E-state index contributed by atoms with van der Waals surface area (Å²) in [5.41, 5.74) is 8.89. The fourth-order valence-corrected chi connectivity index (χ4v) is 1.86. The van der Waals surface area contributed by atoms with Gasteiger partial charge in [0.2, 0.25) is 0 Å². The maximum Gasteiger partial charge on any atom is 0.141 e. The second-order valence-corrected chi connectivity index (χ2v) is 4.32. The molecule has 0 bridgehead atoms. The largest absolute Gasteiger partial charge is 0.495 e. The molecule has 0 amide bonds. The molecule has 0 fully saturated rings. The molecular weight excluding hydrogens is 234 g/mol. The Labute approximate surface area is 106 Å². The Morgan fingerprint density at radius 1 is 1.06 bits per heavy atom. The number of methoxy groups -OCH3 is 1. The van der Waals surface area contributed by atoms with Crippen molar-refractivity contribution in [1.29, 1.82) is 0 Å². The van der Waals surface area contributed by atoms with Crippen molar-refractivity contribution in [3.05, 3.63) is 58.6 Å². The Kier molecular flexibility index (Phi) is 3.55. The smallest absolute Gasteiger partial charge is 0.141 e. The van der Waals surface area contributed by atoms with Gasteiger partial charge in [-0.15, -0.1) is 0 Å². The van der Waals surface area contributed by atoms with Crippen molar-refractivity contribution in [3.8, 4) is 5.75 Å². The van der Waals surface area contributed by atoms with Gasteiger partial charge in [0, 0.05) is 5.02 Å². The van der Waals surface area contributed by atoms with Gasteiger partial charge in [-0.25, -0.2) is 0 Å². The summed E-state index contributed by atoms with van der Waals surface area (Å²) in [5, 5.41) is 0.753. The van der Waals surface area contributed by atoms with Crippen LogP contribution in [0.1, 0.15) is 11.1 Å². The third-order valence-electron chi connectivity index (χ3n) is 2.62. The predicted octanol–water partition coefficient (Wildman–Crippen LogP) is 3.52. The lowest BCUT2D eigenvalue weighted by atomic mass is 10.0. The average molecular weight is 248 g/mol. The first kappa shape index (κ1) is 11.8. The summed E-state index contributed by atoms with van der Waals surface area (Å²) in [6.07, 6.45) is 0.839. The summed E-state index contributed by atoms with van der Waals surface area (Å²) in [6, 6.07) is 13.7. The molecule has 0 saturated carbocycles. The van der Waals surface area contributed by atoms with Gasteiger partial charge < -0.3 is 10.5 Å². The molecule has 2 N–H and O–H groups in total. The van der Waals surface area contributed by atoms with Crippen molar-refractivity contribution in [3.63, 3.8) is 0 Å². The van der Waals surface area contributed by atoms with E-state index in [1.54, 1.807) is 7.11 Å². The van der Waals surface area contributed by atoms with E-state index in [1.165, 1.54) is 5.56 Å². The maximum absolute atomic E-state index is 5.86. The molecule has 0 saturated heterocycles. The Morgan fingerprint density at radius 2 is 1.71 bits per heavy atom. The van der Waals surface area contributed by atoms with Crippen molar-refractivity contribution >= 4 is 17.3 Å². The van der Waals surface area contributed by atoms with E-state index < -0.39 is 0 Å². The van der Waals surface area contributed by atoms with E-state index in [0.29, 0.717) is 11.4 Å². The van der Waals surface area contributed by atoms with Crippen LogP contribution in [-0.2, 0) is 6.42 Å². The van der Waals surface area contributed by atoms with E-state index in [4.69, 9.17) is 22.1 Å². The van der Waals surface area contributed by atoms with Crippen molar-refractivity contribution in [1.82, 2.24) is 0 Å². The second kappa shape index (κ2) is 5.11. The molecule has 2 aromatic rings. The van der Waals surface area contributed by atoms with Crippen LogP contribution in [-0.4, -0.2) is 7.11 Å². The summed E-state index contributed by atoms with van der Waals surface area (Å²) in [5.74, 6) is 0.713. The van der Waals surface area contributed by atoms with E-state index in [0.717, 1.165) is 17.0 Å². The summed E-state index contributed by atoms with van der Waals surface area (Å²) in [7, 11) is 1.62. The fraction of sp³-hybridized carbons (Fsp3) is 0.143. The first-order valence-corrected chi connectivity index (χ1v) is 5.73. The summed E-state index contributed by atoms with van der Waals surface area (Å²) in [4.78, 5) is 0. The average Bonchev–Trinajstić information content (AvgIpc) is 2.32. The molecule has 0 heterocycles.